The lowest BCUT2D eigenvalue weighted by Crippen LogP contribution is -2.36. The molecule has 6 heteroatoms. The number of hydrogen-bond donors (Lipinski definition) is 0. The van der Waals surface area contributed by atoms with Crippen LogP contribution in [0.1, 0.15) is 16.7 Å². The maximum Gasteiger partial charge on any atom is 0.160 e. The van der Waals surface area contributed by atoms with E-state index in [0.717, 1.165) is 43.2 Å². The molecule has 0 saturated carbocycles. The Morgan fingerprint density at radius 2 is 1.00 bits per heavy atom. The zero-order chi connectivity index (χ0) is 27.5. The second kappa shape index (κ2) is 11.2. The van der Waals surface area contributed by atoms with Crippen LogP contribution in [0.5, 0.6) is 0 Å². The lowest BCUT2D eigenvalue weighted by molar-refractivity contribution is 0.713. The highest BCUT2D eigenvalue weighted by Crippen LogP contribution is 2.52. The van der Waals surface area contributed by atoms with Crippen LogP contribution in [0.2, 0.25) is 0 Å². The fourth-order valence-electron chi connectivity index (χ4n) is 4.94. The molecule has 4 nitrogen and oxygen atoms in total. The van der Waals surface area contributed by atoms with Crippen LogP contribution in [0.15, 0.2) is 173 Å². The number of thioether (sulfide) groups is 2. The Labute approximate surface area is 248 Å². The summed E-state index contributed by atoms with van der Waals surface area (Å²) < 4.78 is 0. The average Bonchev–Trinajstić information content (AvgIpc) is 3.66. The van der Waals surface area contributed by atoms with Gasteiger partial charge in [0, 0.05) is 11.1 Å². The summed E-state index contributed by atoms with van der Waals surface area (Å²) in [5.41, 5.74) is 5.35. The molecule has 7 rings (SSSR count). The summed E-state index contributed by atoms with van der Waals surface area (Å²) in [5.74, 6) is 0. The predicted molar refractivity (Wildman–Crippen MR) is 175 cm³/mol. The maximum atomic E-state index is 5.28. The zero-order valence-corrected chi connectivity index (χ0v) is 23.7. The van der Waals surface area contributed by atoms with Gasteiger partial charge < -0.3 is 0 Å². The number of para-hydroxylation sites is 2. The Morgan fingerprint density at radius 3 is 1.59 bits per heavy atom. The highest BCUT2D eigenvalue weighted by Gasteiger charge is 2.46. The number of benzene rings is 5. The molecule has 5 aromatic rings. The SMILES string of the molecule is C(=C1SC(c2ccccc2)=NN1c1ccccc1)[C@]1(c2ccccc2)SC(c2ccccc2)=NN1c1ccccc1. The first-order chi connectivity index (χ1) is 20.3. The third kappa shape index (κ3) is 4.97. The molecule has 198 valence electrons. The Bertz CT molecular complexity index is 1720. The summed E-state index contributed by atoms with van der Waals surface area (Å²) in [7, 11) is 0. The molecule has 1 atom stereocenters. The molecule has 0 aromatic heterocycles. The van der Waals surface area contributed by atoms with E-state index in [0.29, 0.717) is 0 Å². The van der Waals surface area contributed by atoms with Crippen LogP contribution < -0.4 is 10.0 Å². The van der Waals surface area contributed by atoms with Gasteiger partial charge in [0.25, 0.3) is 0 Å². The van der Waals surface area contributed by atoms with Crippen molar-refractivity contribution in [2.45, 2.75) is 4.87 Å². The highest BCUT2D eigenvalue weighted by molar-refractivity contribution is 8.18. The number of anilines is 2. The van der Waals surface area contributed by atoms with Gasteiger partial charge >= 0.3 is 0 Å². The van der Waals surface area contributed by atoms with Crippen LogP contribution in [0.3, 0.4) is 0 Å². The van der Waals surface area contributed by atoms with Crippen LogP contribution in [0.4, 0.5) is 11.4 Å². The monoisotopic (exact) mass is 566 g/mol. The van der Waals surface area contributed by atoms with Gasteiger partial charge in [0.15, 0.2) is 4.87 Å². The fraction of sp³-hybridized carbons (Fsp3) is 0.0286. The van der Waals surface area contributed by atoms with E-state index in [1.165, 1.54) is 0 Å². The van der Waals surface area contributed by atoms with Crippen molar-refractivity contribution in [3.05, 3.63) is 179 Å². The predicted octanol–water partition coefficient (Wildman–Crippen LogP) is 8.91. The van der Waals surface area contributed by atoms with Gasteiger partial charge in [0.05, 0.1) is 11.4 Å². The fourth-order valence-corrected chi connectivity index (χ4v) is 7.38. The second-order valence-corrected chi connectivity index (χ2v) is 11.8. The Hall–Kier alpha value is -4.52. The van der Waals surface area contributed by atoms with Crippen molar-refractivity contribution in [3.8, 4) is 0 Å². The van der Waals surface area contributed by atoms with Crippen molar-refractivity contribution < 1.29 is 0 Å². The molecule has 0 unspecified atom stereocenters. The third-order valence-corrected chi connectivity index (χ3v) is 9.27. The number of hydrogen-bond acceptors (Lipinski definition) is 6. The van der Waals surface area contributed by atoms with Gasteiger partial charge in [-0.3, -0.25) is 0 Å². The molecular formula is C35H26N4S2. The summed E-state index contributed by atoms with van der Waals surface area (Å²) in [6.07, 6.45) is 2.33. The van der Waals surface area contributed by atoms with Crippen molar-refractivity contribution in [2.75, 3.05) is 10.0 Å². The van der Waals surface area contributed by atoms with Crippen molar-refractivity contribution in [2.24, 2.45) is 10.2 Å². The number of hydrazone groups is 2. The van der Waals surface area contributed by atoms with Crippen LogP contribution in [-0.4, -0.2) is 10.1 Å². The molecule has 0 fully saturated rings. The molecule has 5 aromatic carbocycles. The third-order valence-electron chi connectivity index (χ3n) is 6.91. The molecule has 0 aliphatic carbocycles. The van der Waals surface area contributed by atoms with Gasteiger partial charge in [0.1, 0.15) is 15.1 Å². The lowest BCUT2D eigenvalue weighted by atomic mass is 10.0. The number of nitrogens with zero attached hydrogens (tertiary/aromatic N) is 4. The smallest absolute Gasteiger partial charge is 0.160 e. The van der Waals surface area contributed by atoms with E-state index in [1.807, 2.05) is 24.3 Å². The molecule has 2 aliphatic heterocycles. The summed E-state index contributed by atoms with van der Waals surface area (Å²) in [5, 5.41) is 17.6. The van der Waals surface area contributed by atoms with E-state index >= 15 is 0 Å². The molecular weight excluding hydrogens is 541 g/mol. The van der Waals surface area contributed by atoms with Gasteiger partial charge in [-0.25, -0.2) is 10.0 Å². The Kier molecular flexibility index (Phi) is 6.93. The van der Waals surface area contributed by atoms with E-state index in [9.17, 15) is 0 Å². The minimum absolute atomic E-state index is 0.662. The number of rotatable bonds is 6. The van der Waals surface area contributed by atoms with E-state index < -0.39 is 4.87 Å². The molecule has 0 radical (unpaired) electrons. The van der Waals surface area contributed by atoms with Crippen LogP contribution in [0, 0.1) is 0 Å². The standard InChI is InChI=1S/C35H26N4S2/c1-6-16-27(17-7-1)33-36-38(30-22-12-4-13-23-30)32(40-33)26-35(29-20-10-3-11-21-29)39(31-24-14-5-15-25-31)37-34(41-35)28-18-8-2-9-19-28/h1-26H/t35-/m1/s1. The van der Waals surface area contributed by atoms with Crippen molar-refractivity contribution >= 4 is 45.0 Å². The molecule has 0 bridgehead atoms. The summed E-state index contributed by atoms with van der Waals surface area (Å²) in [4.78, 5) is -0.662. The van der Waals surface area contributed by atoms with Gasteiger partial charge in [-0.2, -0.15) is 10.2 Å². The first kappa shape index (κ1) is 25.4. The van der Waals surface area contributed by atoms with E-state index in [1.54, 1.807) is 23.5 Å². The highest BCUT2D eigenvalue weighted by atomic mass is 32.2. The van der Waals surface area contributed by atoms with Gasteiger partial charge in [-0.05, 0) is 47.7 Å². The average molecular weight is 567 g/mol. The molecule has 2 aliphatic rings. The minimum Gasteiger partial charge on any atom is -0.239 e. The summed E-state index contributed by atoms with van der Waals surface area (Å²) >= 11 is 3.44. The topological polar surface area (TPSA) is 31.2 Å². The quantitative estimate of drug-likeness (QED) is 0.205. The molecule has 0 spiro atoms. The Morgan fingerprint density at radius 1 is 0.512 bits per heavy atom. The van der Waals surface area contributed by atoms with Crippen molar-refractivity contribution in [3.63, 3.8) is 0 Å². The van der Waals surface area contributed by atoms with Gasteiger partial charge in [-0.1, -0.05) is 139 Å². The van der Waals surface area contributed by atoms with Gasteiger partial charge in [-0.15, -0.1) is 0 Å². The summed E-state index contributed by atoms with van der Waals surface area (Å²) in [6, 6.07) is 52.2. The minimum atomic E-state index is -0.662. The molecule has 0 amide bonds. The first-order valence-electron chi connectivity index (χ1n) is 13.4. The molecule has 0 N–H and O–H groups in total. The van der Waals surface area contributed by atoms with Crippen LogP contribution in [-0.2, 0) is 4.87 Å². The van der Waals surface area contributed by atoms with Crippen LogP contribution in [0.25, 0.3) is 0 Å². The van der Waals surface area contributed by atoms with E-state index in [4.69, 9.17) is 10.2 Å². The normalized spacial score (nSPS) is 19.4. The lowest BCUT2D eigenvalue weighted by Gasteiger charge is -2.35. The van der Waals surface area contributed by atoms with E-state index in [-0.39, 0.29) is 0 Å². The van der Waals surface area contributed by atoms with E-state index in [2.05, 4.69) is 143 Å². The molecule has 41 heavy (non-hydrogen) atoms. The van der Waals surface area contributed by atoms with Gasteiger partial charge in [0.2, 0.25) is 0 Å². The largest absolute Gasteiger partial charge is 0.239 e. The molecule has 2 heterocycles. The van der Waals surface area contributed by atoms with Crippen molar-refractivity contribution in [1.82, 2.24) is 0 Å². The van der Waals surface area contributed by atoms with Crippen LogP contribution >= 0.6 is 23.5 Å². The maximum absolute atomic E-state index is 5.28. The first-order valence-corrected chi connectivity index (χ1v) is 15.1. The molecule has 0 saturated heterocycles. The Balaban J connectivity index is 1.42. The zero-order valence-electron chi connectivity index (χ0n) is 22.1. The van der Waals surface area contributed by atoms with Crippen molar-refractivity contribution in [1.29, 1.82) is 0 Å². The second-order valence-electron chi connectivity index (χ2n) is 9.59. The summed E-state index contributed by atoms with van der Waals surface area (Å²) in [6.45, 7) is 0.